The van der Waals surface area contributed by atoms with E-state index in [0.717, 1.165) is 18.2 Å². The second-order valence-electron chi connectivity index (χ2n) is 4.70. The highest BCUT2D eigenvalue weighted by atomic mass is 32.2. The molecule has 0 unspecified atom stereocenters. The Balaban J connectivity index is 1.60. The van der Waals surface area contributed by atoms with Gasteiger partial charge < -0.3 is 9.73 Å². The van der Waals surface area contributed by atoms with Crippen molar-refractivity contribution in [2.45, 2.75) is 43.7 Å². The highest BCUT2D eigenvalue weighted by molar-refractivity contribution is 7.98. The number of rotatable bonds is 8. The minimum atomic E-state index is -2.33. The van der Waals surface area contributed by atoms with Crippen molar-refractivity contribution in [3.63, 3.8) is 0 Å². The molecule has 0 radical (unpaired) electrons. The van der Waals surface area contributed by atoms with Crippen molar-refractivity contribution in [1.82, 2.24) is 5.32 Å². The van der Waals surface area contributed by atoms with Crippen molar-refractivity contribution in [3.05, 3.63) is 23.7 Å². The molecule has 0 atom stereocenters. The summed E-state index contributed by atoms with van der Waals surface area (Å²) in [6.07, 6.45) is 5.36. The lowest BCUT2D eigenvalue weighted by molar-refractivity contribution is 0.251. The molecule has 1 aliphatic rings. The summed E-state index contributed by atoms with van der Waals surface area (Å²) in [7, 11) is 0. The fraction of sp³-hybridized carbons (Fsp3) is 0.692. The number of thioether (sulfide) groups is 1. The van der Waals surface area contributed by atoms with Crippen LogP contribution in [-0.2, 0) is 12.3 Å². The average molecular weight is 275 g/mol. The molecule has 5 heteroatoms. The van der Waals surface area contributed by atoms with Gasteiger partial charge in [-0.3, -0.25) is 0 Å². The molecule has 102 valence electrons. The monoisotopic (exact) mass is 275 g/mol. The van der Waals surface area contributed by atoms with Crippen molar-refractivity contribution in [2.75, 3.05) is 6.54 Å². The number of hydrogen-bond donors (Lipinski definition) is 1. The molecule has 1 N–H and O–H groups in total. The Morgan fingerprint density at radius 3 is 2.78 bits per heavy atom. The van der Waals surface area contributed by atoms with Crippen molar-refractivity contribution in [2.24, 2.45) is 5.92 Å². The summed E-state index contributed by atoms with van der Waals surface area (Å²) in [5, 5.41) is 3.33. The predicted molar refractivity (Wildman–Crippen MR) is 69.7 cm³/mol. The molecule has 1 aromatic rings. The minimum Gasteiger partial charge on any atom is -0.464 e. The van der Waals surface area contributed by atoms with E-state index in [0.29, 0.717) is 24.1 Å². The number of hydrogen-bond acceptors (Lipinski definition) is 3. The van der Waals surface area contributed by atoms with Crippen molar-refractivity contribution >= 4 is 11.8 Å². The molecule has 0 spiro atoms. The van der Waals surface area contributed by atoms with Gasteiger partial charge in [0.25, 0.3) is 5.76 Å². The normalized spacial score (nSPS) is 16.2. The van der Waals surface area contributed by atoms with E-state index in [1.807, 2.05) is 6.07 Å². The molecule has 1 aromatic heterocycles. The summed E-state index contributed by atoms with van der Waals surface area (Å²) in [4.78, 5) is 0. The third kappa shape index (κ3) is 4.61. The fourth-order valence-corrected chi connectivity index (χ4v) is 2.48. The molecule has 0 aliphatic heterocycles. The summed E-state index contributed by atoms with van der Waals surface area (Å²) in [6, 6.07) is 3.63. The lowest BCUT2D eigenvalue weighted by Gasteiger charge is -2.25. The third-order valence-electron chi connectivity index (χ3n) is 3.32. The Kier molecular flexibility index (Phi) is 5.50. The van der Waals surface area contributed by atoms with E-state index in [1.165, 1.54) is 25.7 Å². The minimum absolute atomic E-state index is 0.236. The molecule has 1 aliphatic carbocycles. The first-order valence-corrected chi connectivity index (χ1v) is 7.47. The van der Waals surface area contributed by atoms with Crippen LogP contribution in [0, 0.1) is 5.92 Å². The van der Waals surface area contributed by atoms with E-state index < -0.39 is 5.76 Å². The van der Waals surface area contributed by atoms with Gasteiger partial charge in [-0.25, -0.2) is 0 Å². The first-order chi connectivity index (χ1) is 8.74. The van der Waals surface area contributed by atoms with Crippen LogP contribution in [0.25, 0.3) is 0 Å². The first-order valence-electron chi connectivity index (χ1n) is 6.42. The quantitative estimate of drug-likeness (QED) is 0.726. The fourth-order valence-electron chi connectivity index (χ4n) is 2.04. The molecule has 2 nitrogen and oxygen atoms in total. The van der Waals surface area contributed by atoms with Crippen molar-refractivity contribution in [1.29, 1.82) is 0 Å². The molecule has 1 saturated carbocycles. The van der Waals surface area contributed by atoms with Crippen molar-refractivity contribution in [3.8, 4) is 0 Å². The zero-order chi connectivity index (χ0) is 12.8. The van der Waals surface area contributed by atoms with Crippen LogP contribution in [0.4, 0.5) is 8.78 Å². The van der Waals surface area contributed by atoms with E-state index in [1.54, 1.807) is 6.07 Å². The van der Waals surface area contributed by atoms with Gasteiger partial charge in [0.05, 0.1) is 12.3 Å². The zero-order valence-electron chi connectivity index (χ0n) is 10.3. The Labute approximate surface area is 111 Å². The van der Waals surface area contributed by atoms with Gasteiger partial charge in [0.15, 0.2) is 0 Å². The zero-order valence-corrected chi connectivity index (χ0v) is 11.1. The predicted octanol–water partition coefficient (Wildman–Crippen LogP) is 4.02. The first kappa shape index (κ1) is 13.9. The van der Waals surface area contributed by atoms with Crippen LogP contribution in [0.15, 0.2) is 16.5 Å². The molecule has 1 heterocycles. The molecule has 0 aromatic carbocycles. The highest BCUT2D eigenvalue weighted by Crippen LogP contribution is 2.28. The van der Waals surface area contributed by atoms with Gasteiger partial charge >= 0.3 is 0 Å². The topological polar surface area (TPSA) is 25.2 Å². The Hall–Kier alpha value is -0.550. The maximum atomic E-state index is 12.0. The Bertz CT molecular complexity index is 353. The standard InChI is InChI=1S/C13H19F2NOS/c14-13(15)18-9-12-5-4-11(17-12)8-16-7-6-10-2-1-3-10/h4-5,10,13,16H,1-3,6-9H2. The van der Waals surface area contributed by atoms with Gasteiger partial charge in [-0.15, -0.1) is 0 Å². The van der Waals surface area contributed by atoms with Crippen molar-refractivity contribution < 1.29 is 13.2 Å². The second-order valence-corrected chi connectivity index (χ2v) is 5.68. The molecular formula is C13H19F2NOS. The number of halogens is 2. The molecule has 1 fully saturated rings. The van der Waals surface area contributed by atoms with Crippen LogP contribution in [0.5, 0.6) is 0 Å². The SMILES string of the molecule is FC(F)SCc1ccc(CNCCC2CCC2)o1. The lowest BCUT2D eigenvalue weighted by atomic mass is 9.83. The van der Waals surface area contributed by atoms with Gasteiger partial charge in [-0.05, 0) is 31.0 Å². The van der Waals surface area contributed by atoms with Gasteiger partial charge in [0.1, 0.15) is 11.5 Å². The van der Waals surface area contributed by atoms with Gasteiger partial charge in [0, 0.05) is 0 Å². The molecule has 0 bridgehead atoms. The van der Waals surface area contributed by atoms with Crippen LogP contribution in [0.1, 0.15) is 37.2 Å². The van der Waals surface area contributed by atoms with Gasteiger partial charge in [-0.2, -0.15) is 8.78 Å². The molecule has 0 amide bonds. The van der Waals surface area contributed by atoms with Crippen LogP contribution < -0.4 is 5.32 Å². The van der Waals surface area contributed by atoms with E-state index >= 15 is 0 Å². The summed E-state index contributed by atoms with van der Waals surface area (Å²) in [5.74, 6) is 0.260. The van der Waals surface area contributed by atoms with E-state index in [-0.39, 0.29) is 5.75 Å². The Morgan fingerprint density at radius 1 is 1.33 bits per heavy atom. The van der Waals surface area contributed by atoms with E-state index in [4.69, 9.17) is 4.42 Å². The number of alkyl halides is 2. The summed E-state index contributed by atoms with van der Waals surface area (Å²) in [5.41, 5.74) is 0. The summed E-state index contributed by atoms with van der Waals surface area (Å²) < 4.78 is 29.5. The largest absolute Gasteiger partial charge is 0.464 e. The van der Waals surface area contributed by atoms with E-state index in [9.17, 15) is 8.78 Å². The summed E-state index contributed by atoms with van der Waals surface area (Å²) >= 11 is 0.593. The van der Waals surface area contributed by atoms with Crippen LogP contribution in [-0.4, -0.2) is 12.3 Å². The maximum Gasteiger partial charge on any atom is 0.284 e. The molecule has 2 rings (SSSR count). The number of nitrogens with one attached hydrogen (secondary N) is 1. The van der Waals surface area contributed by atoms with Gasteiger partial charge in [-0.1, -0.05) is 31.0 Å². The smallest absolute Gasteiger partial charge is 0.284 e. The lowest BCUT2D eigenvalue weighted by Crippen LogP contribution is -2.20. The second kappa shape index (κ2) is 7.14. The van der Waals surface area contributed by atoms with E-state index in [2.05, 4.69) is 5.32 Å². The van der Waals surface area contributed by atoms with Crippen LogP contribution >= 0.6 is 11.8 Å². The summed E-state index contributed by atoms with van der Waals surface area (Å²) in [6.45, 7) is 1.69. The molecular weight excluding hydrogens is 256 g/mol. The molecule has 0 saturated heterocycles. The maximum absolute atomic E-state index is 12.0. The van der Waals surface area contributed by atoms with Gasteiger partial charge in [0.2, 0.25) is 0 Å². The Morgan fingerprint density at radius 2 is 2.11 bits per heavy atom. The van der Waals surface area contributed by atoms with Crippen LogP contribution in [0.3, 0.4) is 0 Å². The van der Waals surface area contributed by atoms with Crippen LogP contribution in [0.2, 0.25) is 0 Å². The highest BCUT2D eigenvalue weighted by Gasteiger charge is 2.16. The average Bonchev–Trinajstić information content (AvgIpc) is 2.71. The third-order valence-corrected chi connectivity index (χ3v) is 4.03. The number of furan rings is 1. The molecule has 18 heavy (non-hydrogen) atoms.